The van der Waals surface area contributed by atoms with Crippen LogP contribution in [0.25, 0.3) is 0 Å². The van der Waals surface area contributed by atoms with E-state index in [4.69, 9.17) is 28.9 Å². The molecule has 2 heterocycles. The molecule has 1 amide bonds. The molecule has 3 aromatic rings. The summed E-state index contributed by atoms with van der Waals surface area (Å²) in [5, 5.41) is 14.6. The molecule has 1 aromatic carbocycles. The molecule has 27 heavy (non-hydrogen) atoms. The Morgan fingerprint density at radius 2 is 1.85 bits per heavy atom. The van der Waals surface area contributed by atoms with Gasteiger partial charge in [-0.1, -0.05) is 35.0 Å². The van der Waals surface area contributed by atoms with Crippen molar-refractivity contribution in [1.82, 2.24) is 4.98 Å². The number of benzene rings is 1. The van der Waals surface area contributed by atoms with Gasteiger partial charge in [-0.15, -0.1) is 11.3 Å². The predicted molar refractivity (Wildman–Crippen MR) is 108 cm³/mol. The number of nitro groups is 1. The zero-order valence-electron chi connectivity index (χ0n) is 13.3. The Morgan fingerprint density at radius 1 is 1.22 bits per heavy atom. The maximum absolute atomic E-state index is 12.4. The third-order valence-electron chi connectivity index (χ3n) is 3.27. The van der Waals surface area contributed by atoms with E-state index in [0.717, 1.165) is 23.1 Å². The van der Waals surface area contributed by atoms with E-state index < -0.39 is 10.8 Å². The fourth-order valence-corrected chi connectivity index (χ4v) is 4.78. The number of hydrogen-bond donors (Lipinski definition) is 2. The fourth-order valence-electron chi connectivity index (χ4n) is 2.03. The van der Waals surface area contributed by atoms with Gasteiger partial charge in [-0.3, -0.25) is 19.9 Å². The van der Waals surface area contributed by atoms with E-state index in [-0.39, 0.29) is 24.8 Å². The number of pyridine rings is 1. The van der Waals surface area contributed by atoms with E-state index in [1.54, 1.807) is 24.3 Å². The zero-order valence-corrected chi connectivity index (χ0v) is 16.5. The molecule has 7 nitrogen and oxygen atoms in total. The Balaban J connectivity index is 1.90. The summed E-state index contributed by atoms with van der Waals surface area (Å²) in [6.07, 6.45) is 2.79. The van der Waals surface area contributed by atoms with Gasteiger partial charge < -0.3 is 11.1 Å². The minimum atomic E-state index is -0.554. The second kappa shape index (κ2) is 8.13. The molecule has 11 heteroatoms. The van der Waals surface area contributed by atoms with Crippen LogP contribution in [-0.2, 0) is 0 Å². The highest BCUT2D eigenvalue weighted by Crippen LogP contribution is 2.45. The summed E-state index contributed by atoms with van der Waals surface area (Å²) >= 11 is 14.2. The first-order valence-electron chi connectivity index (χ1n) is 7.27. The standard InChI is InChI=1S/C16H10Cl2N4O3S2/c17-10-6-20-7-11(18)14(10)27-16-12(22(24)25)5-13(26-16)15(23)21-9-3-1-8(19)2-4-9/h1-7H,19H2,(H,21,23). The Morgan fingerprint density at radius 3 is 2.44 bits per heavy atom. The summed E-state index contributed by atoms with van der Waals surface area (Å²) < 4.78 is 0.289. The van der Waals surface area contributed by atoms with E-state index >= 15 is 0 Å². The number of carbonyl (C=O) groups is 1. The van der Waals surface area contributed by atoms with Crippen LogP contribution in [0.3, 0.4) is 0 Å². The summed E-state index contributed by atoms with van der Waals surface area (Å²) in [7, 11) is 0. The van der Waals surface area contributed by atoms with Gasteiger partial charge >= 0.3 is 0 Å². The summed E-state index contributed by atoms with van der Waals surface area (Å²) in [6.45, 7) is 0. The van der Waals surface area contributed by atoms with Gasteiger partial charge in [0.25, 0.3) is 11.6 Å². The van der Waals surface area contributed by atoms with Crippen LogP contribution >= 0.6 is 46.3 Å². The molecule has 0 saturated carbocycles. The molecule has 138 valence electrons. The number of hydrogen-bond acceptors (Lipinski definition) is 7. The van der Waals surface area contributed by atoms with Gasteiger partial charge in [0.05, 0.1) is 19.9 Å². The van der Waals surface area contributed by atoms with Crippen molar-refractivity contribution in [2.45, 2.75) is 9.10 Å². The Kier molecular flexibility index (Phi) is 5.85. The Labute approximate surface area is 171 Å². The third-order valence-corrected chi connectivity index (χ3v) is 6.53. The number of nitrogens with one attached hydrogen (secondary N) is 1. The lowest BCUT2D eigenvalue weighted by Gasteiger charge is -2.04. The van der Waals surface area contributed by atoms with Crippen molar-refractivity contribution in [2.24, 2.45) is 0 Å². The molecule has 0 radical (unpaired) electrons. The highest BCUT2D eigenvalue weighted by Gasteiger charge is 2.25. The number of thiophene rings is 1. The van der Waals surface area contributed by atoms with Crippen molar-refractivity contribution >= 4 is 69.3 Å². The smallest absolute Gasteiger partial charge is 0.294 e. The van der Waals surface area contributed by atoms with Crippen LogP contribution in [0, 0.1) is 10.1 Å². The molecule has 0 aliphatic heterocycles. The molecule has 0 saturated heterocycles. The topological polar surface area (TPSA) is 111 Å². The molecule has 3 N–H and O–H groups in total. The second-order valence-corrected chi connectivity index (χ2v) is 8.30. The normalized spacial score (nSPS) is 10.6. The first kappa shape index (κ1) is 19.4. The average molecular weight is 441 g/mol. The van der Waals surface area contributed by atoms with Crippen LogP contribution in [0.2, 0.25) is 10.0 Å². The van der Waals surface area contributed by atoms with Crippen LogP contribution < -0.4 is 11.1 Å². The largest absolute Gasteiger partial charge is 0.399 e. The van der Waals surface area contributed by atoms with Crippen molar-refractivity contribution < 1.29 is 9.72 Å². The molecular formula is C16H10Cl2N4O3S2. The summed E-state index contributed by atoms with van der Waals surface area (Å²) in [6, 6.07) is 7.79. The number of aromatic nitrogens is 1. The maximum atomic E-state index is 12.4. The van der Waals surface area contributed by atoms with Gasteiger partial charge in [-0.25, -0.2) is 0 Å². The van der Waals surface area contributed by atoms with Crippen LogP contribution in [0.15, 0.2) is 51.8 Å². The SMILES string of the molecule is Nc1ccc(NC(=O)c2cc([N+](=O)[O-])c(Sc3c(Cl)cncc3Cl)s2)cc1. The van der Waals surface area contributed by atoms with Gasteiger partial charge in [0.2, 0.25) is 0 Å². The number of halogens is 2. The molecular weight excluding hydrogens is 431 g/mol. The summed E-state index contributed by atoms with van der Waals surface area (Å²) in [5.41, 5.74) is 6.50. The van der Waals surface area contributed by atoms with E-state index in [2.05, 4.69) is 10.3 Å². The minimum Gasteiger partial charge on any atom is -0.399 e. The van der Waals surface area contributed by atoms with Crippen molar-refractivity contribution in [3.63, 3.8) is 0 Å². The first-order chi connectivity index (χ1) is 12.8. The highest BCUT2D eigenvalue weighted by atomic mass is 35.5. The average Bonchev–Trinajstić information content (AvgIpc) is 3.05. The molecule has 0 fully saturated rings. The van der Waals surface area contributed by atoms with E-state index in [0.29, 0.717) is 16.3 Å². The van der Waals surface area contributed by atoms with Crippen molar-refractivity contribution in [3.05, 3.63) is 67.8 Å². The zero-order chi connectivity index (χ0) is 19.6. The van der Waals surface area contributed by atoms with Crippen LogP contribution in [-0.4, -0.2) is 15.8 Å². The van der Waals surface area contributed by atoms with Crippen molar-refractivity contribution in [1.29, 1.82) is 0 Å². The third kappa shape index (κ3) is 4.51. The minimum absolute atomic E-state index is 0.183. The number of amides is 1. The molecule has 0 aliphatic rings. The number of anilines is 2. The van der Waals surface area contributed by atoms with Gasteiger partial charge in [0, 0.05) is 29.8 Å². The van der Waals surface area contributed by atoms with Crippen molar-refractivity contribution in [2.75, 3.05) is 11.1 Å². The predicted octanol–water partition coefficient (Wildman–Crippen LogP) is 5.34. The quantitative estimate of drug-likeness (QED) is 0.314. The lowest BCUT2D eigenvalue weighted by atomic mass is 10.3. The maximum Gasteiger partial charge on any atom is 0.294 e. The molecule has 0 unspecified atom stereocenters. The van der Waals surface area contributed by atoms with Crippen LogP contribution in [0.1, 0.15) is 9.67 Å². The molecule has 0 bridgehead atoms. The number of rotatable bonds is 5. The van der Waals surface area contributed by atoms with Gasteiger partial charge in [0.1, 0.15) is 9.09 Å². The van der Waals surface area contributed by atoms with Gasteiger partial charge in [-0.05, 0) is 24.3 Å². The molecule has 3 rings (SSSR count). The number of nitrogens with two attached hydrogens (primary N) is 1. The van der Waals surface area contributed by atoms with E-state index in [1.807, 2.05) is 0 Å². The van der Waals surface area contributed by atoms with Crippen LogP contribution in [0.5, 0.6) is 0 Å². The Bertz CT molecular complexity index is 1000. The molecule has 0 spiro atoms. The monoisotopic (exact) mass is 440 g/mol. The number of nitrogens with zero attached hydrogens (tertiary/aromatic N) is 2. The number of carbonyl (C=O) groups excluding carboxylic acids is 1. The van der Waals surface area contributed by atoms with E-state index in [9.17, 15) is 14.9 Å². The first-order valence-corrected chi connectivity index (χ1v) is 9.66. The molecule has 0 aliphatic carbocycles. The number of nitrogen functional groups attached to an aromatic ring is 1. The Hall–Kier alpha value is -2.33. The summed E-state index contributed by atoms with van der Waals surface area (Å²) in [5.74, 6) is -0.466. The van der Waals surface area contributed by atoms with Crippen molar-refractivity contribution in [3.8, 4) is 0 Å². The van der Waals surface area contributed by atoms with E-state index in [1.165, 1.54) is 18.5 Å². The van der Waals surface area contributed by atoms with Gasteiger partial charge in [-0.2, -0.15) is 0 Å². The fraction of sp³-hybridized carbons (Fsp3) is 0. The second-order valence-electron chi connectivity index (χ2n) is 5.15. The lowest BCUT2D eigenvalue weighted by molar-refractivity contribution is -0.387. The molecule has 2 aromatic heterocycles. The van der Waals surface area contributed by atoms with Crippen LogP contribution in [0.4, 0.5) is 17.1 Å². The lowest BCUT2D eigenvalue weighted by Crippen LogP contribution is -2.10. The van der Waals surface area contributed by atoms with Gasteiger partial charge in [0.15, 0.2) is 0 Å². The highest BCUT2D eigenvalue weighted by molar-refractivity contribution is 8.01. The molecule has 0 atom stereocenters. The summed E-state index contributed by atoms with van der Waals surface area (Å²) in [4.78, 5) is 27.7.